The molecular formula is C26H34BrIO6. The lowest BCUT2D eigenvalue weighted by Gasteiger charge is -2.19. The fraction of sp³-hybridized carbons (Fsp3) is 0.462. The zero-order chi connectivity index (χ0) is 25.8. The van der Waals surface area contributed by atoms with E-state index >= 15 is 0 Å². The fourth-order valence-corrected chi connectivity index (χ4v) is 3.29. The van der Waals surface area contributed by atoms with Gasteiger partial charge in [0, 0.05) is 9.76 Å². The van der Waals surface area contributed by atoms with E-state index in [4.69, 9.17) is 18.9 Å². The number of carbonyl (C=O) groups is 2. The summed E-state index contributed by atoms with van der Waals surface area (Å²) in [5, 5.41) is 0.761. The molecule has 0 bridgehead atoms. The molecule has 0 atom stereocenters. The van der Waals surface area contributed by atoms with Crippen molar-refractivity contribution >= 4 is 50.5 Å². The molecule has 2 aromatic carbocycles. The van der Waals surface area contributed by atoms with Crippen LogP contribution in [0.4, 0.5) is 0 Å². The van der Waals surface area contributed by atoms with E-state index in [1.54, 1.807) is 0 Å². The van der Waals surface area contributed by atoms with Crippen LogP contribution in [0, 0.1) is 0 Å². The van der Waals surface area contributed by atoms with E-state index < -0.39 is 11.2 Å². The SMILES string of the molecule is CC(C)(C)OC(=O)COc1cccc(CBr)c1.CC(C)(C)OC(=O)COc1cccc(CI)c1. The van der Waals surface area contributed by atoms with Crippen LogP contribution < -0.4 is 9.47 Å². The molecule has 0 N–H and O–H groups in total. The Morgan fingerprint density at radius 3 is 1.56 bits per heavy atom. The topological polar surface area (TPSA) is 71.1 Å². The summed E-state index contributed by atoms with van der Waals surface area (Å²) in [4.78, 5) is 22.9. The molecule has 0 aliphatic rings. The lowest BCUT2D eigenvalue weighted by Crippen LogP contribution is -2.27. The number of benzene rings is 2. The smallest absolute Gasteiger partial charge is 0.344 e. The molecule has 0 aliphatic carbocycles. The number of carbonyl (C=O) groups excluding carboxylic acids is 2. The quantitative estimate of drug-likeness (QED) is 0.182. The molecule has 0 saturated carbocycles. The van der Waals surface area contributed by atoms with Crippen molar-refractivity contribution in [1.82, 2.24) is 0 Å². The maximum atomic E-state index is 11.4. The van der Waals surface area contributed by atoms with Crippen LogP contribution >= 0.6 is 38.5 Å². The fourth-order valence-electron chi connectivity index (χ4n) is 2.46. The van der Waals surface area contributed by atoms with Crippen molar-refractivity contribution < 1.29 is 28.5 Å². The van der Waals surface area contributed by atoms with Crippen molar-refractivity contribution in [2.24, 2.45) is 0 Å². The van der Waals surface area contributed by atoms with E-state index in [9.17, 15) is 9.59 Å². The number of halogens is 2. The van der Waals surface area contributed by atoms with Crippen LogP contribution in [0.3, 0.4) is 0 Å². The first-order chi connectivity index (χ1) is 15.8. The molecule has 6 nitrogen and oxygen atoms in total. The summed E-state index contributed by atoms with van der Waals surface area (Å²) in [7, 11) is 0. The van der Waals surface area contributed by atoms with Gasteiger partial charge in [0.1, 0.15) is 22.7 Å². The van der Waals surface area contributed by atoms with Gasteiger partial charge in [-0.25, -0.2) is 9.59 Å². The molecule has 2 aromatic rings. The Labute approximate surface area is 225 Å². The first kappa shape index (κ1) is 30.2. The minimum absolute atomic E-state index is 0.0536. The van der Waals surface area contributed by atoms with E-state index in [1.807, 2.05) is 90.1 Å². The van der Waals surface area contributed by atoms with Crippen molar-refractivity contribution in [3.05, 3.63) is 59.7 Å². The number of hydrogen-bond donors (Lipinski definition) is 0. The van der Waals surface area contributed by atoms with Gasteiger partial charge in [-0.2, -0.15) is 0 Å². The van der Waals surface area contributed by atoms with Gasteiger partial charge in [0.15, 0.2) is 13.2 Å². The van der Waals surface area contributed by atoms with Gasteiger partial charge in [-0.3, -0.25) is 0 Å². The average Bonchev–Trinajstić information content (AvgIpc) is 2.75. The van der Waals surface area contributed by atoms with Gasteiger partial charge in [0.25, 0.3) is 0 Å². The van der Waals surface area contributed by atoms with Crippen LogP contribution in [-0.4, -0.2) is 36.4 Å². The molecule has 0 unspecified atom stereocenters. The predicted octanol–water partition coefficient (Wildman–Crippen LogP) is 6.64. The van der Waals surface area contributed by atoms with Gasteiger partial charge in [-0.05, 0) is 76.9 Å². The number of hydrogen-bond acceptors (Lipinski definition) is 6. The largest absolute Gasteiger partial charge is 0.482 e. The second kappa shape index (κ2) is 14.6. The number of ether oxygens (including phenoxy) is 4. The van der Waals surface area contributed by atoms with Crippen molar-refractivity contribution in [2.75, 3.05) is 13.2 Å². The minimum Gasteiger partial charge on any atom is -0.482 e. The predicted molar refractivity (Wildman–Crippen MR) is 146 cm³/mol. The molecule has 0 aromatic heterocycles. The van der Waals surface area contributed by atoms with E-state index in [1.165, 1.54) is 5.56 Å². The van der Waals surface area contributed by atoms with Crippen LogP contribution in [0.1, 0.15) is 52.7 Å². The summed E-state index contributed by atoms with van der Waals surface area (Å²) in [6.45, 7) is 10.9. The lowest BCUT2D eigenvalue weighted by molar-refractivity contribution is -0.158. The molecule has 0 aliphatic heterocycles. The third kappa shape index (κ3) is 14.5. The van der Waals surface area contributed by atoms with Crippen molar-refractivity contribution in [2.45, 2.75) is 62.5 Å². The van der Waals surface area contributed by atoms with E-state index in [-0.39, 0.29) is 25.2 Å². The second-order valence-electron chi connectivity index (χ2n) is 9.31. The van der Waals surface area contributed by atoms with Gasteiger partial charge in [-0.15, -0.1) is 0 Å². The summed E-state index contributed by atoms with van der Waals surface area (Å²) in [6.07, 6.45) is 0. The Balaban J connectivity index is 0.000000340. The standard InChI is InChI=1S/C13H17BrO3.C13H17IO3/c2*1-13(2,3)17-12(15)9-16-11-6-4-5-10(7-11)8-14/h2*4-7H,8-9H2,1-3H3. The monoisotopic (exact) mass is 648 g/mol. The van der Waals surface area contributed by atoms with Gasteiger partial charge in [0.2, 0.25) is 0 Å². The van der Waals surface area contributed by atoms with Crippen molar-refractivity contribution in [3.8, 4) is 11.5 Å². The highest BCUT2D eigenvalue weighted by atomic mass is 127. The van der Waals surface area contributed by atoms with Crippen LogP contribution in [0.2, 0.25) is 0 Å². The average molecular weight is 649 g/mol. The molecule has 188 valence electrons. The van der Waals surface area contributed by atoms with Crippen molar-refractivity contribution in [3.63, 3.8) is 0 Å². The molecule has 2 rings (SSSR count). The molecule has 34 heavy (non-hydrogen) atoms. The molecule has 8 heteroatoms. The molecule has 0 saturated heterocycles. The van der Waals surface area contributed by atoms with Gasteiger partial charge in [0.05, 0.1) is 0 Å². The highest BCUT2D eigenvalue weighted by Gasteiger charge is 2.17. The number of rotatable bonds is 8. The zero-order valence-corrected chi connectivity index (χ0v) is 24.4. The Hall–Kier alpha value is -1.81. The molecule has 0 heterocycles. The maximum Gasteiger partial charge on any atom is 0.344 e. The summed E-state index contributed by atoms with van der Waals surface area (Å²) in [5.74, 6) is 0.664. The normalized spacial score (nSPS) is 11.1. The summed E-state index contributed by atoms with van der Waals surface area (Å²) < 4.78 is 22.0. The Morgan fingerprint density at radius 1 is 0.765 bits per heavy atom. The van der Waals surface area contributed by atoms with Crippen LogP contribution in [0.25, 0.3) is 0 Å². The van der Waals surface area contributed by atoms with Crippen LogP contribution in [0.5, 0.6) is 11.5 Å². The third-order valence-corrected chi connectivity index (χ3v) is 5.19. The van der Waals surface area contributed by atoms with Crippen LogP contribution in [-0.2, 0) is 28.8 Å². The number of alkyl halides is 2. The molecule has 0 spiro atoms. The summed E-state index contributed by atoms with van der Waals surface area (Å²) in [6, 6.07) is 15.3. The molecule has 0 amide bonds. The highest BCUT2D eigenvalue weighted by Crippen LogP contribution is 2.17. The Morgan fingerprint density at radius 2 is 1.18 bits per heavy atom. The summed E-state index contributed by atoms with van der Waals surface area (Å²) in [5.41, 5.74) is 1.34. The second-order valence-corrected chi connectivity index (χ2v) is 10.6. The third-order valence-electron chi connectivity index (χ3n) is 3.66. The first-order valence-electron chi connectivity index (χ1n) is 10.8. The Kier molecular flexibility index (Phi) is 12.9. The summed E-state index contributed by atoms with van der Waals surface area (Å²) >= 11 is 5.65. The molecule has 0 radical (unpaired) electrons. The van der Waals surface area contributed by atoms with E-state index in [0.29, 0.717) is 11.5 Å². The maximum absolute atomic E-state index is 11.4. The van der Waals surface area contributed by atoms with Gasteiger partial charge >= 0.3 is 11.9 Å². The van der Waals surface area contributed by atoms with Gasteiger partial charge < -0.3 is 18.9 Å². The van der Waals surface area contributed by atoms with Crippen molar-refractivity contribution in [1.29, 1.82) is 0 Å². The van der Waals surface area contributed by atoms with Gasteiger partial charge in [-0.1, -0.05) is 62.8 Å². The molecule has 0 fully saturated rings. The van der Waals surface area contributed by atoms with E-state index in [2.05, 4.69) is 38.5 Å². The lowest BCUT2D eigenvalue weighted by atomic mass is 10.2. The Bertz CT molecular complexity index is 842. The zero-order valence-electron chi connectivity index (χ0n) is 20.7. The minimum atomic E-state index is -0.474. The van der Waals surface area contributed by atoms with Crippen LogP contribution in [0.15, 0.2) is 48.5 Å². The highest BCUT2D eigenvalue weighted by molar-refractivity contribution is 14.1. The first-order valence-corrected chi connectivity index (χ1v) is 13.4. The number of esters is 2. The molecular weight excluding hydrogens is 615 g/mol. The van der Waals surface area contributed by atoms with E-state index in [0.717, 1.165) is 15.3 Å².